The minimum Gasteiger partial charge on any atom is -0.485 e. The molecule has 3 aromatic rings. The van der Waals surface area contributed by atoms with E-state index in [4.69, 9.17) is 10.5 Å². The molecule has 0 saturated heterocycles. The van der Waals surface area contributed by atoms with Gasteiger partial charge in [0.15, 0.2) is 11.4 Å². The molecule has 1 amide bonds. The Bertz CT molecular complexity index is 994. The number of halogens is 2. The van der Waals surface area contributed by atoms with E-state index in [-0.39, 0.29) is 18.1 Å². The maximum atomic E-state index is 13.8. The van der Waals surface area contributed by atoms with Crippen molar-refractivity contribution in [3.05, 3.63) is 58.9 Å². The van der Waals surface area contributed by atoms with E-state index in [2.05, 4.69) is 10.3 Å². The van der Waals surface area contributed by atoms with Gasteiger partial charge in [-0.2, -0.15) is 0 Å². The lowest BCUT2D eigenvalue weighted by Crippen LogP contribution is -2.33. The van der Waals surface area contributed by atoms with Crippen LogP contribution < -0.4 is 15.8 Å². The summed E-state index contributed by atoms with van der Waals surface area (Å²) in [6.07, 6.45) is 1.78. The molecule has 1 aromatic carbocycles. The normalized spacial score (nSPS) is 12.2. The van der Waals surface area contributed by atoms with Crippen molar-refractivity contribution < 1.29 is 18.3 Å². The highest BCUT2D eigenvalue weighted by atomic mass is 19.1. The fourth-order valence-corrected chi connectivity index (χ4v) is 2.67. The molecule has 0 aliphatic carbocycles. The number of anilines is 1. The van der Waals surface area contributed by atoms with Gasteiger partial charge in [0.2, 0.25) is 5.91 Å². The highest BCUT2D eigenvalue weighted by Crippen LogP contribution is 2.28. The minimum atomic E-state index is -0.681. The summed E-state index contributed by atoms with van der Waals surface area (Å²) >= 11 is 0. The Labute approximate surface area is 155 Å². The van der Waals surface area contributed by atoms with Crippen LogP contribution in [-0.2, 0) is 11.4 Å². The van der Waals surface area contributed by atoms with E-state index >= 15 is 0 Å². The molecule has 0 aliphatic rings. The first-order valence-corrected chi connectivity index (χ1v) is 8.39. The van der Waals surface area contributed by atoms with Gasteiger partial charge in [0.1, 0.15) is 24.1 Å². The SMILES string of the molecule is Cc1cc(OCc2c(F)cccc2F)c2nc(C)c(NC(=O)C(C)N)n2c1. The number of benzene rings is 1. The molecule has 3 rings (SSSR count). The Morgan fingerprint density at radius 2 is 2.00 bits per heavy atom. The van der Waals surface area contributed by atoms with Crippen LogP contribution in [0.15, 0.2) is 30.5 Å². The highest BCUT2D eigenvalue weighted by Gasteiger charge is 2.18. The average molecular weight is 374 g/mol. The molecule has 2 heterocycles. The number of nitrogens with two attached hydrogens (primary N) is 1. The van der Waals surface area contributed by atoms with Crippen LogP contribution in [0.25, 0.3) is 5.65 Å². The molecule has 1 atom stereocenters. The number of hydrogen-bond donors (Lipinski definition) is 2. The summed E-state index contributed by atoms with van der Waals surface area (Å²) in [5, 5.41) is 2.74. The lowest BCUT2D eigenvalue weighted by molar-refractivity contribution is -0.117. The number of ether oxygens (including phenoxy) is 1. The predicted molar refractivity (Wildman–Crippen MR) is 97.6 cm³/mol. The number of carbonyl (C=O) groups is 1. The average Bonchev–Trinajstić information content (AvgIpc) is 2.90. The number of rotatable bonds is 5. The molecule has 0 radical (unpaired) electrons. The molecule has 8 heteroatoms. The fourth-order valence-electron chi connectivity index (χ4n) is 2.67. The van der Waals surface area contributed by atoms with Crippen molar-refractivity contribution in [1.29, 1.82) is 0 Å². The molecule has 0 spiro atoms. The number of nitrogens with zero attached hydrogens (tertiary/aromatic N) is 2. The topological polar surface area (TPSA) is 81.6 Å². The smallest absolute Gasteiger partial charge is 0.242 e. The predicted octanol–water partition coefficient (Wildman–Crippen LogP) is 3.09. The van der Waals surface area contributed by atoms with Crippen molar-refractivity contribution in [2.75, 3.05) is 5.32 Å². The molecule has 2 aromatic heterocycles. The lowest BCUT2D eigenvalue weighted by Gasteiger charge is -2.12. The second-order valence-corrected chi connectivity index (χ2v) is 6.39. The second kappa shape index (κ2) is 7.32. The fraction of sp³-hybridized carbons (Fsp3) is 0.263. The van der Waals surface area contributed by atoms with Gasteiger partial charge in [0, 0.05) is 6.20 Å². The number of amides is 1. The Hall–Kier alpha value is -3.00. The van der Waals surface area contributed by atoms with E-state index in [0.29, 0.717) is 22.9 Å². The molecule has 0 fully saturated rings. The van der Waals surface area contributed by atoms with Crippen LogP contribution in [0, 0.1) is 25.5 Å². The van der Waals surface area contributed by atoms with Crippen LogP contribution >= 0.6 is 0 Å². The Morgan fingerprint density at radius 1 is 1.33 bits per heavy atom. The van der Waals surface area contributed by atoms with Crippen LogP contribution in [0.2, 0.25) is 0 Å². The van der Waals surface area contributed by atoms with E-state index in [9.17, 15) is 13.6 Å². The summed E-state index contributed by atoms with van der Waals surface area (Å²) in [7, 11) is 0. The van der Waals surface area contributed by atoms with Gasteiger partial charge in [-0.3, -0.25) is 9.20 Å². The second-order valence-electron chi connectivity index (χ2n) is 6.39. The van der Waals surface area contributed by atoms with Gasteiger partial charge in [-0.1, -0.05) is 6.07 Å². The molecule has 0 saturated carbocycles. The Balaban J connectivity index is 1.98. The third-order valence-electron chi connectivity index (χ3n) is 4.09. The van der Waals surface area contributed by atoms with Gasteiger partial charge >= 0.3 is 0 Å². The van der Waals surface area contributed by atoms with Gasteiger partial charge in [0.05, 0.1) is 17.3 Å². The standard InChI is InChI=1S/C19H20F2N4O2/c1-10-7-16(27-9-13-14(20)5-4-6-15(13)21)18-23-12(3)17(25(18)8-10)24-19(26)11(2)22/h4-8,11H,9,22H2,1-3H3,(H,24,26). The minimum absolute atomic E-state index is 0.161. The van der Waals surface area contributed by atoms with Crippen molar-refractivity contribution in [2.24, 2.45) is 5.73 Å². The van der Waals surface area contributed by atoms with Gasteiger partial charge in [-0.05, 0) is 44.5 Å². The third-order valence-corrected chi connectivity index (χ3v) is 4.09. The number of nitrogens with one attached hydrogen (secondary N) is 1. The molecule has 0 bridgehead atoms. The third kappa shape index (κ3) is 3.75. The zero-order valence-electron chi connectivity index (χ0n) is 15.2. The Kier molecular flexibility index (Phi) is 5.09. The number of aryl methyl sites for hydroxylation is 2. The van der Waals surface area contributed by atoms with Crippen molar-refractivity contribution in [1.82, 2.24) is 9.38 Å². The number of carbonyl (C=O) groups excluding carboxylic acids is 1. The van der Waals surface area contributed by atoms with Gasteiger partial charge in [-0.15, -0.1) is 0 Å². The van der Waals surface area contributed by atoms with E-state index in [1.165, 1.54) is 18.2 Å². The summed E-state index contributed by atoms with van der Waals surface area (Å²) in [4.78, 5) is 16.4. The van der Waals surface area contributed by atoms with Crippen LogP contribution in [0.4, 0.5) is 14.6 Å². The van der Waals surface area contributed by atoms with E-state index < -0.39 is 17.7 Å². The summed E-state index contributed by atoms with van der Waals surface area (Å²) in [5.74, 6) is -0.886. The number of aromatic nitrogens is 2. The highest BCUT2D eigenvalue weighted by molar-refractivity contribution is 5.94. The Morgan fingerprint density at radius 3 is 2.63 bits per heavy atom. The zero-order valence-corrected chi connectivity index (χ0v) is 15.2. The van der Waals surface area contributed by atoms with E-state index in [0.717, 1.165) is 5.56 Å². The van der Waals surface area contributed by atoms with Gasteiger partial charge < -0.3 is 15.8 Å². The van der Waals surface area contributed by atoms with Gasteiger partial charge in [0.25, 0.3) is 0 Å². The molecule has 3 N–H and O–H groups in total. The maximum Gasteiger partial charge on any atom is 0.242 e. The quantitative estimate of drug-likeness (QED) is 0.719. The molecule has 27 heavy (non-hydrogen) atoms. The van der Waals surface area contributed by atoms with E-state index in [1.54, 1.807) is 30.5 Å². The van der Waals surface area contributed by atoms with E-state index in [1.807, 2.05) is 6.92 Å². The van der Waals surface area contributed by atoms with Crippen molar-refractivity contribution in [3.8, 4) is 5.75 Å². The zero-order chi connectivity index (χ0) is 19.7. The molecule has 142 valence electrons. The summed E-state index contributed by atoms with van der Waals surface area (Å²) < 4.78 is 35.0. The molecule has 0 aliphatic heterocycles. The molecular weight excluding hydrogens is 354 g/mol. The number of hydrogen-bond acceptors (Lipinski definition) is 4. The first-order chi connectivity index (χ1) is 12.8. The lowest BCUT2D eigenvalue weighted by atomic mass is 10.2. The van der Waals surface area contributed by atoms with Crippen molar-refractivity contribution in [2.45, 2.75) is 33.4 Å². The van der Waals surface area contributed by atoms with Crippen LogP contribution in [0.5, 0.6) is 5.75 Å². The number of imidazole rings is 1. The molecular formula is C19H20F2N4O2. The van der Waals surface area contributed by atoms with Gasteiger partial charge in [-0.25, -0.2) is 13.8 Å². The monoisotopic (exact) mass is 374 g/mol. The molecule has 1 unspecified atom stereocenters. The summed E-state index contributed by atoms with van der Waals surface area (Å²) in [6, 6.07) is 4.69. The van der Waals surface area contributed by atoms with Crippen molar-refractivity contribution in [3.63, 3.8) is 0 Å². The summed E-state index contributed by atoms with van der Waals surface area (Å²) in [5.41, 5.74) is 7.26. The number of pyridine rings is 1. The largest absolute Gasteiger partial charge is 0.485 e. The maximum absolute atomic E-state index is 13.8. The van der Waals surface area contributed by atoms with Crippen LogP contribution in [0.1, 0.15) is 23.7 Å². The van der Waals surface area contributed by atoms with Crippen LogP contribution in [0.3, 0.4) is 0 Å². The van der Waals surface area contributed by atoms with Crippen LogP contribution in [-0.4, -0.2) is 21.3 Å². The van der Waals surface area contributed by atoms with Crippen molar-refractivity contribution >= 4 is 17.4 Å². The number of fused-ring (bicyclic) bond motifs is 1. The first kappa shape index (κ1) is 18.8. The first-order valence-electron chi connectivity index (χ1n) is 8.39. The molecule has 6 nitrogen and oxygen atoms in total. The summed E-state index contributed by atoms with van der Waals surface area (Å²) in [6.45, 7) is 4.86.